The van der Waals surface area contributed by atoms with Gasteiger partial charge in [0, 0.05) is 12.3 Å². The summed E-state index contributed by atoms with van der Waals surface area (Å²) in [4.78, 5) is 4.43. The van der Waals surface area contributed by atoms with Crippen LogP contribution in [0.2, 0.25) is 0 Å². The van der Waals surface area contributed by atoms with Crippen LogP contribution in [-0.4, -0.2) is 10.1 Å². The molecule has 0 aromatic carbocycles. The van der Waals surface area contributed by atoms with Crippen molar-refractivity contribution in [3.63, 3.8) is 0 Å². The van der Waals surface area contributed by atoms with Gasteiger partial charge in [0.15, 0.2) is 5.82 Å². The van der Waals surface area contributed by atoms with Crippen LogP contribution in [0, 0.1) is 24.2 Å². The minimum atomic E-state index is -0.320. The first-order chi connectivity index (χ1) is 8.28. The van der Waals surface area contributed by atoms with Crippen molar-refractivity contribution in [1.29, 1.82) is 0 Å². The number of hydrogen-bond donors (Lipinski definition) is 1. The van der Waals surface area contributed by atoms with Crippen molar-refractivity contribution < 1.29 is 4.52 Å². The van der Waals surface area contributed by atoms with Crippen LogP contribution >= 0.6 is 0 Å². The predicted molar refractivity (Wildman–Crippen MR) is 62.9 cm³/mol. The van der Waals surface area contributed by atoms with Gasteiger partial charge < -0.3 is 10.3 Å². The van der Waals surface area contributed by atoms with Crippen LogP contribution in [0.3, 0.4) is 0 Å². The van der Waals surface area contributed by atoms with E-state index in [-0.39, 0.29) is 6.04 Å². The largest absolute Gasteiger partial charge is 0.338 e. The van der Waals surface area contributed by atoms with Gasteiger partial charge in [-0.2, -0.15) is 4.98 Å². The molecule has 2 bridgehead atoms. The molecule has 4 unspecified atom stereocenters. The van der Waals surface area contributed by atoms with E-state index in [9.17, 15) is 0 Å². The highest BCUT2D eigenvalue weighted by Gasteiger charge is 2.42. The molecule has 17 heavy (non-hydrogen) atoms. The van der Waals surface area contributed by atoms with Gasteiger partial charge in [0.25, 0.3) is 0 Å². The van der Waals surface area contributed by atoms with E-state index in [1.165, 1.54) is 25.7 Å². The van der Waals surface area contributed by atoms with Gasteiger partial charge >= 0.3 is 0 Å². The maximum absolute atomic E-state index is 5.85. The van der Waals surface area contributed by atoms with Crippen molar-refractivity contribution in [3.8, 4) is 12.3 Å². The third kappa shape index (κ3) is 1.85. The fraction of sp³-hybridized carbons (Fsp3) is 0.692. The summed E-state index contributed by atoms with van der Waals surface area (Å²) in [6, 6.07) is -0.320. The van der Waals surface area contributed by atoms with E-state index >= 15 is 0 Å². The Kier molecular flexibility index (Phi) is 2.64. The van der Waals surface area contributed by atoms with E-state index in [0.717, 1.165) is 17.7 Å². The molecular weight excluding hydrogens is 214 g/mol. The maximum Gasteiger partial charge on any atom is 0.244 e. The number of nitrogens with zero attached hydrogens (tertiary/aromatic N) is 2. The van der Waals surface area contributed by atoms with Crippen LogP contribution in [0.1, 0.15) is 55.8 Å². The van der Waals surface area contributed by atoms with Gasteiger partial charge in [0.05, 0.1) is 6.04 Å². The summed E-state index contributed by atoms with van der Waals surface area (Å²) in [5.41, 5.74) is 5.85. The fourth-order valence-corrected chi connectivity index (χ4v) is 3.32. The summed E-state index contributed by atoms with van der Waals surface area (Å²) < 4.78 is 5.22. The lowest BCUT2D eigenvalue weighted by molar-refractivity contribution is 0.338. The molecule has 4 heteroatoms. The van der Waals surface area contributed by atoms with Crippen LogP contribution < -0.4 is 5.73 Å². The average Bonchev–Trinajstić information content (AvgIpc) is 3.05. The molecule has 0 saturated heterocycles. The molecule has 1 heterocycles. The summed E-state index contributed by atoms with van der Waals surface area (Å²) in [6.45, 7) is 0. The molecule has 4 nitrogen and oxygen atoms in total. The molecule has 0 aliphatic heterocycles. The Morgan fingerprint density at radius 3 is 3.00 bits per heavy atom. The Labute approximate surface area is 101 Å². The highest BCUT2D eigenvalue weighted by atomic mass is 16.5. The topological polar surface area (TPSA) is 64.9 Å². The Morgan fingerprint density at radius 2 is 2.35 bits per heavy atom. The first-order valence-electron chi connectivity index (χ1n) is 6.30. The molecule has 4 atom stereocenters. The lowest BCUT2D eigenvalue weighted by Crippen LogP contribution is -2.12. The molecule has 0 amide bonds. The number of aromatic nitrogens is 2. The summed E-state index contributed by atoms with van der Waals surface area (Å²) >= 11 is 0. The first-order valence-corrected chi connectivity index (χ1v) is 6.30. The number of rotatable bonds is 3. The maximum atomic E-state index is 5.85. The molecule has 0 spiro atoms. The second kappa shape index (κ2) is 4.15. The minimum absolute atomic E-state index is 0.320. The molecule has 1 aromatic heterocycles. The lowest BCUT2D eigenvalue weighted by Gasteiger charge is -2.17. The number of hydrogen-bond acceptors (Lipinski definition) is 4. The van der Waals surface area contributed by atoms with Crippen molar-refractivity contribution >= 4 is 0 Å². The highest BCUT2D eigenvalue weighted by molar-refractivity contribution is 5.08. The molecule has 2 aliphatic rings. The Bertz CT molecular complexity index is 448. The summed E-state index contributed by atoms with van der Waals surface area (Å²) in [6.07, 6.45) is 10.9. The first kappa shape index (κ1) is 10.8. The van der Waals surface area contributed by atoms with Gasteiger partial charge in [-0.05, 0) is 31.1 Å². The van der Waals surface area contributed by atoms with E-state index in [1.807, 2.05) is 0 Å². The standard InChI is InChI=1S/C13H17N3O/c1-2-3-11(14)13-15-12(16-17-13)10-7-8-4-5-9(10)6-8/h1,8-11H,3-7,14H2. The second-order valence-electron chi connectivity index (χ2n) is 5.29. The van der Waals surface area contributed by atoms with Crippen LogP contribution in [-0.2, 0) is 0 Å². The molecular formula is C13H17N3O. The van der Waals surface area contributed by atoms with E-state index in [2.05, 4.69) is 16.1 Å². The minimum Gasteiger partial charge on any atom is -0.338 e. The SMILES string of the molecule is C#CCC(N)c1nc(C2CC3CCC2C3)no1. The van der Waals surface area contributed by atoms with Crippen LogP contribution in [0.15, 0.2) is 4.52 Å². The Morgan fingerprint density at radius 1 is 1.47 bits per heavy atom. The molecule has 90 valence electrons. The summed E-state index contributed by atoms with van der Waals surface area (Å²) in [5.74, 6) is 5.98. The quantitative estimate of drug-likeness (QED) is 0.808. The van der Waals surface area contributed by atoms with Gasteiger partial charge in [0.2, 0.25) is 5.89 Å². The molecule has 2 aliphatic carbocycles. The van der Waals surface area contributed by atoms with Crippen molar-refractivity contribution in [2.45, 2.75) is 44.1 Å². The number of nitrogens with two attached hydrogens (primary N) is 1. The molecule has 2 fully saturated rings. The molecule has 2 N–H and O–H groups in total. The van der Waals surface area contributed by atoms with Gasteiger partial charge in [-0.3, -0.25) is 0 Å². The van der Waals surface area contributed by atoms with Gasteiger partial charge in [0.1, 0.15) is 0 Å². The van der Waals surface area contributed by atoms with Crippen molar-refractivity contribution in [3.05, 3.63) is 11.7 Å². The van der Waals surface area contributed by atoms with Crippen LogP contribution in [0.5, 0.6) is 0 Å². The number of terminal acetylenes is 1. The second-order valence-corrected chi connectivity index (χ2v) is 5.29. The Balaban J connectivity index is 1.75. The normalized spacial score (nSPS) is 32.6. The number of fused-ring (bicyclic) bond motifs is 2. The zero-order valence-electron chi connectivity index (χ0n) is 9.80. The lowest BCUT2D eigenvalue weighted by atomic mass is 9.88. The van der Waals surface area contributed by atoms with E-state index in [4.69, 9.17) is 16.7 Å². The van der Waals surface area contributed by atoms with Crippen molar-refractivity contribution in [1.82, 2.24) is 10.1 Å². The molecule has 1 aromatic rings. The summed E-state index contributed by atoms with van der Waals surface area (Å²) in [5, 5.41) is 4.09. The predicted octanol–water partition coefficient (Wildman–Crippen LogP) is 2.00. The van der Waals surface area contributed by atoms with Gasteiger partial charge in [-0.25, -0.2) is 0 Å². The third-order valence-electron chi connectivity index (χ3n) is 4.18. The Hall–Kier alpha value is -1.34. The zero-order valence-corrected chi connectivity index (χ0v) is 9.80. The zero-order chi connectivity index (χ0) is 11.8. The van der Waals surface area contributed by atoms with E-state index in [1.54, 1.807) is 0 Å². The van der Waals surface area contributed by atoms with Crippen molar-refractivity contribution in [2.75, 3.05) is 0 Å². The molecule has 0 radical (unpaired) electrons. The van der Waals surface area contributed by atoms with Crippen LogP contribution in [0.4, 0.5) is 0 Å². The fourth-order valence-electron chi connectivity index (χ4n) is 3.32. The van der Waals surface area contributed by atoms with Crippen molar-refractivity contribution in [2.24, 2.45) is 17.6 Å². The third-order valence-corrected chi connectivity index (χ3v) is 4.18. The average molecular weight is 231 g/mol. The highest BCUT2D eigenvalue weighted by Crippen LogP contribution is 2.52. The molecule has 2 saturated carbocycles. The smallest absolute Gasteiger partial charge is 0.244 e. The monoisotopic (exact) mass is 231 g/mol. The van der Waals surface area contributed by atoms with E-state index in [0.29, 0.717) is 18.2 Å². The molecule has 3 rings (SSSR count). The summed E-state index contributed by atoms with van der Waals surface area (Å²) in [7, 11) is 0. The van der Waals surface area contributed by atoms with E-state index < -0.39 is 0 Å². The van der Waals surface area contributed by atoms with Crippen LogP contribution in [0.25, 0.3) is 0 Å². The van der Waals surface area contributed by atoms with Gasteiger partial charge in [-0.1, -0.05) is 11.6 Å². The van der Waals surface area contributed by atoms with Gasteiger partial charge in [-0.15, -0.1) is 12.3 Å².